The van der Waals surface area contributed by atoms with Crippen molar-refractivity contribution in [3.63, 3.8) is 0 Å². The van der Waals surface area contributed by atoms with Gasteiger partial charge in [-0.1, -0.05) is 49.4 Å². The number of nitrogens with zero attached hydrogens (tertiary/aromatic N) is 2. The molecule has 3 aromatic carbocycles. The van der Waals surface area contributed by atoms with Crippen LogP contribution in [0.25, 0.3) is 22.2 Å². The average molecular weight is 415 g/mol. The predicted molar refractivity (Wildman–Crippen MR) is 118 cm³/mol. The van der Waals surface area contributed by atoms with E-state index < -0.39 is 22.3 Å². The van der Waals surface area contributed by atoms with Gasteiger partial charge in [-0.3, -0.25) is 14.9 Å². The van der Waals surface area contributed by atoms with E-state index >= 15 is 0 Å². The van der Waals surface area contributed by atoms with E-state index in [9.17, 15) is 19.3 Å². The minimum absolute atomic E-state index is 0.132. The normalized spacial score (nSPS) is 10.8. The fourth-order valence-corrected chi connectivity index (χ4v) is 3.35. The maximum Gasteiger partial charge on any atom is 0.306 e. The maximum absolute atomic E-state index is 13.6. The number of carbonyl (C=O) groups is 1. The van der Waals surface area contributed by atoms with Crippen LogP contribution in [0.5, 0.6) is 0 Å². The van der Waals surface area contributed by atoms with Crippen molar-refractivity contribution >= 4 is 28.2 Å². The second-order valence-electron chi connectivity index (χ2n) is 7.00. The lowest BCUT2D eigenvalue weighted by atomic mass is 10.0. The number of hydrogen-bond donors (Lipinski definition) is 1. The summed E-state index contributed by atoms with van der Waals surface area (Å²) in [6.45, 7) is 2.07. The van der Waals surface area contributed by atoms with E-state index in [0.717, 1.165) is 24.1 Å². The number of aromatic nitrogens is 1. The van der Waals surface area contributed by atoms with Crippen LogP contribution in [0.1, 0.15) is 22.8 Å². The van der Waals surface area contributed by atoms with E-state index in [4.69, 9.17) is 0 Å². The highest BCUT2D eigenvalue weighted by molar-refractivity contribution is 6.13. The number of benzene rings is 3. The van der Waals surface area contributed by atoms with Crippen LogP contribution >= 0.6 is 0 Å². The third-order valence-electron chi connectivity index (χ3n) is 5.02. The molecule has 1 aromatic heterocycles. The first kappa shape index (κ1) is 20.2. The fraction of sp³-hybridized carbons (Fsp3) is 0.0833. The summed E-state index contributed by atoms with van der Waals surface area (Å²) in [6.07, 6.45) is 0.920. The van der Waals surface area contributed by atoms with Gasteiger partial charge in [-0.05, 0) is 36.2 Å². The van der Waals surface area contributed by atoms with Crippen LogP contribution in [0, 0.1) is 15.9 Å². The number of aryl methyl sites for hydroxylation is 1. The van der Waals surface area contributed by atoms with Gasteiger partial charge >= 0.3 is 5.69 Å². The van der Waals surface area contributed by atoms with E-state index in [1.54, 1.807) is 18.2 Å². The molecule has 0 unspecified atom stereocenters. The van der Waals surface area contributed by atoms with Gasteiger partial charge in [0.1, 0.15) is 0 Å². The molecule has 4 aromatic rings. The second kappa shape index (κ2) is 8.31. The molecule has 0 aliphatic carbocycles. The number of fused-ring (bicyclic) bond motifs is 1. The highest BCUT2D eigenvalue weighted by Gasteiger charge is 2.18. The summed E-state index contributed by atoms with van der Waals surface area (Å²) in [5.41, 5.74) is 3.15. The van der Waals surface area contributed by atoms with Crippen LogP contribution in [0.4, 0.5) is 15.8 Å². The third kappa shape index (κ3) is 4.11. The van der Waals surface area contributed by atoms with Crippen LogP contribution in [0.2, 0.25) is 0 Å². The Hall–Kier alpha value is -4.13. The molecule has 154 valence electrons. The summed E-state index contributed by atoms with van der Waals surface area (Å²) in [6, 6.07) is 20.1. The van der Waals surface area contributed by atoms with Gasteiger partial charge in [0.15, 0.2) is 0 Å². The van der Waals surface area contributed by atoms with Crippen molar-refractivity contribution in [2.75, 3.05) is 5.32 Å². The van der Waals surface area contributed by atoms with E-state index in [-0.39, 0.29) is 5.69 Å². The standard InChI is InChI=1S/C24H18FN3O3/c1-2-15-7-9-16(10-8-15)22-14-19(18-5-3-4-6-21(18)27-22)24(29)26-17-11-12-20(25)23(13-17)28(30)31/h3-14H,2H2,1H3,(H,26,29). The number of rotatable bonds is 5. The lowest BCUT2D eigenvalue weighted by Gasteiger charge is -2.11. The SMILES string of the molecule is CCc1ccc(-c2cc(C(=O)Nc3ccc(F)c([N+](=O)[O-])c3)c3ccccc3n2)cc1. The molecule has 0 radical (unpaired) electrons. The number of anilines is 1. The van der Waals surface area contributed by atoms with Crippen molar-refractivity contribution in [2.24, 2.45) is 0 Å². The first-order valence-corrected chi connectivity index (χ1v) is 9.70. The van der Waals surface area contributed by atoms with Gasteiger partial charge in [-0.15, -0.1) is 0 Å². The zero-order valence-corrected chi connectivity index (χ0v) is 16.6. The number of pyridine rings is 1. The zero-order valence-electron chi connectivity index (χ0n) is 16.6. The summed E-state index contributed by atoms with van der Waals surface area (Å²) in [7, 11) is 0. The first-order chi connectivity index (χ1) is 15.0. The molecule has 31 heavy (non-hydrogen) atoms. The van der Waals surface area contributed by atoms with E-state index in [1.165, 1.54) is 11.6 Å². The molecule has 0 aliphatic rings. The minimum atomic E-state index is -0.963. The largest absolute Gasteiger partial charge is 0.322 e. The Kier molecular flexibility index (Phi) is 5.41. The van der Waals surface area contributed by atoms with E-state index in [1.807, 2.05) is 36.4 Å². The number of para-hydroxylation sites is 1. The molecule has 0 atom stereocenters. The molecule has 0 saturated heterocycles. The maximum atomic E-state index is 13.6. The number of amides is 1. The number of carbonyl (C=O) groups excluding carboxylic acids is 1. The monoisotopic (exact) mass is 415 g/mol. The Bertz CT molecular complexity index is 1300. The first-order valence-electron chi connectivity index (χ1n) is 9.70. The molecule has 0 fully saturated rings. The van der Waals surface area contributed by atoms with Crippen LogP contribution in [-0.2, 0) is 6.42 Å². The quantitative estimate of drug-likeness (QED) is 0.331. The van der Waals surface area contributed by atoms with Gasteiger partial charge in [0, 0.05) is 22.7 Å². The predicted octanol–water partition coefficient (Wildman–Crippen LogP) is 5.76. The number of nitrogens with one attached hydrogen (secondary N) is 1. The van der Waals surface area contributed by atoms with Crippen molar-refractivity contribution in [3.8, 4) is 11.3 Å². The molecule has 1 amide bonds. The highest BCUT2D eigenvalue weighted by atomic mass is 19.1. The molecule has 6 nitrogen and oxygen atoms in total. The van der Waals surface area contributed by atoms with Crippen molar-refractivity contribution in [1.29, 1.82) is 0 Å². The van der Waals surface area contributed by atoms with Crippen molar-refractivity contribution < 1.29 is 14.1 Å². The van der Waals surface area contributed by atoms with Crippen LogP contribution in [0.3, 0.4) is 0 Å². The molecule has 0 spiro atoms. The Labute approximate surface area is 177 Å². The van der Waals surface area contributed by atoms with Crippen LogP contribution in [0.15, 0.2) is 72.8 Å². The summed E-state index contributed by atoms with van der Waals surface area (Å²) in [4.78, 5) is 27.9. The van der Waals surface area contributed by atoms with Gasteiger partial charge in [0.2, 0.25) is 5.82 Å². The van der Waals surface area contributed by atoms with Gasteiger partial charge in [0.25, 0.3) is 5.91 Å². The lowest BCUT2D eigenvalue weighted by Crippen LogP contribution is -2.13. The zero-order chi connectivity index (χ0) is 22.0. The van der Waals surface area contributed by atoms with Gasteiger partial charge in [0.05, 0.1) is 21.7 Å². The van der Waals surface area contributed by atoms with Crippen LogP contribution in [-0.4, -0.2) is 15.8 Å². The molecule has 7 heteroatoms. The number of hydrogen-bond acceptors (Lipinski definition) is 4. The van der Waals surface area contributed by atoms with Crippen molar-refractivity contribution in [2.45, 2.75) is 13.3 Å². The molecule has 0 saturated carbocycles. The number of halogens is 1. The highest BCUT2D eigenvalue weighted by Crippen LogP contribution is 2.27. The fourth-order valence-electron chi connectivity index (χ4n) is 3.35. The topological polar surface area (TPSA) is 85.1 Å². The third-order valence-corrected chi connectivity index (χ3v) is 5.02. The Morgan fingerprint density at radius 3 is 2.52 bits per heavy atom. The summed E-state index contributed by atoms with van der Waals surface area (Å²) in [5, 5.41) is 14.3. The second-order valence-corrected chi connectivity index (χ2v) is 7.00. The molecule has 0 bridgehead atoms. The van der Waals surface area contributed by atoms with Gasteiger partial charge in [-0.2, -0.15) is 4.39 Å². The smallest absolute Gasteiger partial charge is 0.306 e. The van der Waals surface area contributed by atoms with Crippen LogP contribution < -0.4 is 5.32 Å². The summed E-state index contributed by atoms with van der Waals surface area (Å²) in [5.74, 6) is -1.43. The Morgan fingerprint density at radius 1 is 1.06 bits per heavy atom. The summed E-state index contributed by atoms with van der Waals surface area (Å²) >= 11 is 0. The van der Waals surface area contributed by atoms with E-state index in [0.29, 0.717) is 22.2 Å². The number of nitro benzene ring substituents is 1. The van der Waals surface area contributed by atoms with Gasteiger partial charge in [-0.25, -0.2) is 4.98 Å². The average Bonchev–Trinajstić information content (AvgIpc) is 2.79. The molecule has 4 rings (SSSR count). The van der Waals surface area contributed by atoms with E-state index in [2.05, 4.69) is 17.2 Å². The molecule has 1 heterocycles. The van der Waals surface area contributed by atoms with Crippen molar-refractivity contribution in [3.05, 3.63) is 99.9 Å². The molecule has 1 N–H and O–H groups in total. The molecular weight excluding hydrogens is 397 g/mol. The number of nitro groups is 1. The lowest BCUT2D eigenvalue weighted by molar-refractivity contribution is -0.387. The van der Waals surface area contributed by atoms with Crippen molar-refractivity contribution in [1.82, 2.24) is 4.98 Å². The Balaban J connectivity index is 1.76. The molecular formula is C24H18FN3O3. The molecule has 0 aliphatic heterocycles. The summed E-state index contributed by atoms with van der Waals surface area (Å²) < 4.78 is 13.6. The van der Waals surface area contributed by atoms with Gasteiger partial charge < -0.3 is 5.32 Å². The minimum Gasteiger partial charge on any atom is -0.322 e. The Morgan fingerprint density at radius 2 is 1.81 bits per heavy atom.